The second-order valence-electron chi connectivity index (χ2n) is 4.57. The molecule has 3 atom stereocenters. The van der Waals surface area contributed by atoms with E-state index in [0.29, 0.717) is 17.7 Å². The van der Waals surface area contributed by atoms with Crippen LogP contribution in [0.1, 0.15) is 38.5 Å². The highest BCUT2D eigenvalue weighted by Gasteiger charge is 2.52. The number of ether oxygens (including phenoxy) is 1. The monoisotopic (exact) mass is 167 g/mol. The molecule has 3 saturated heterocycles. The smallest absolute Gasteiger partial charge is 0.0762 e. The molecule has 0 aliphatic carbocycles. The van der Waals surface area contributed by atoms with Crippen LogP contribution in [0, 0.1) is 0 Å². The van der Waals surface area contributed by atoms with Crippen LogP contribution in [0.3, 0.4) is 0 Å². The second-order valence-corrected chi connectivity index (χ2v) is 4.57. The van der Waals surface area contributed by atoms with Crippen LogP contribution in [0.2, 0.25) is 0 Å². The van der Waals surface area contributed by atoms with Crippen molar-refractivity contribution in [3.05, 3.63) is 0 Å². The molecular weight excluding hydrogens is 150 g/mol. The van der Waals surface area contributed by atoms with Gasteiger partial charge in [-0.2, -0.15) is 0 Å². The van der Waals surface area contributed by atoms with Crippen LogP contribution in [0.5, 0.6) is 0 Å². The number of hydrogen-bond donors (Lipinski definition) is 1. The lowest BCUT2D eigenvalue weighted by atomic mass is 9.76. The Labute approximate surface area is 73.7 Å². The Balaban J connectivity index is 1.81. The topological polar surface area (TPSA) is 21.3 Å². The van der Waals surface area contributed by atoms with E-state index in [1.807, 2.05) is 0 Å². The molecule has 2 nitrogen and oxygen atoms in total. The summed E-state index contributed by atoms with van der Waals surface area (Å²) in [5.41, 5.74) is 0.418. The summed E-state index contributed by atoms with van der Waals surface area (Å²) >= 11 is 0. The highest BCUT2D eigenvalue weighted by Crippen LogP contribution is 2.45. The summed E-state index contributed by atoms with van der Waals surface area (Å²) in [6.07, 6.45) is 9.18. The van der Waals surface area contributed by atoms with Gasteiger partial charge >= 0.3 is 0 Å². The van der Waals surface area contributed by atoms with Crippen LogP contribution in [0.4, 0.5) is 0 Å². The summed E-state index contributed by atoms with van der Waals surface area (Å²) in [5, 5.41) is 3.70. The summed E-state index contributed by atoms with van der Waals surface area (Å²) in [7, 11) is 0. The SMILES string of the molecule is C1CCC2(CC3CCC2O3)NC1. The molecule has 1 N–H and O–H groups in total. The molecule has 12 heavy (non-hydrogen) atoms. The number of rotatable bonds is 0. The Bertz CT molecular complexity index is 186. The fourth-order valence-corrected chi connectivity index (χ4v) is 3.24. The van der Waals surface area contributed by atoms with Crippen molar-refractivity contribution in [3.63, 3.8) is 0 Å². The quantitative estimate of drug-likeness (QED) is 0.589. The van der Waals surface area contributed by atoms with E-state index in [1.165, 1.54) is 45.1 Å². The van der Waals surface area contributed by atoms with Gasteiger partial charge in [-0.25, -0.2) is 0 Å². The van der Waals surface area contributed by atoms with Gasteiger partial charge in [-0.3, -0.25) is 0 Å². The summed E-state index contributed by atoms with van der Waals surface area (Å²) < 4.78 is 5.90. The molecule has 0 aromatic heterocycles. The first-order valence-electron chi connectivity index (χ1n) is 5.30. The third kappa shape index (κ3) is 0.882. The van der Waals surface area contributed by atoms with Gasteiger partial charge < -0.3 is 10.1 Å². The van der Waals surface area contributed by atoms with Crippen LogP contribution in [0.25, 0.3) is 0 Å². The molecule has 0 radical (unpaired) electrons. The zero-order valence-corrected chi connectivity index (χ0v) is 7.51. The predicted octanol–water partition coefficient (Wildman–Crippen LogP) is 1.45. The van der Waals surface area contributed by atoms with Crippen LogP contribution in [-0.4, -0.2) is 24.3 Å². The zero-order chi connectivity index (χ0) is 8.02. The van der Waals surface area contributed by atoms with Crippen molar-refractivity contribution in [1.82, 2.24) is 5.32 Å². The molecule has 68 valence electrons. The van der Waals surface area contributed by atoms with Crippen molar-refractivity contribution in [2.45, 2.75) is 56.3 Å². The van der Waals surface area contributed by atoms with Gasteiger partial charge in [-0.05, 0) is 38.6 Å². The number of nitrogens with one attached hydrogen (secondary N) is 1. The van der Waals surface area contributed by atoms with Crippen molar-refractivity contribution < 1.29 is 4.74 Å². The fourth-order valence-electron chi connectivity index (χ4n) is 3.24. The van der Waals surface area contributed by atoms with E-state index in [1.54, 1.807) is 0 Å². The third-order valence-electron chi connectivity index (χ3n) is 3.84. The molecule has 3 unspecified atom stereocenters. The Hall–Kier alpha value is -0.0800. The Morgan fingerprint density at radius 3 is 2.83 bits per heavy atom. The van der Waals surface area contributed by atoms with E-state index in [0.717, 1.165) is 0 Å². The molecular formula is C10H17NO. The molecule has 3 aliphatic rings. The van der Waals surface area contributed by atoms with E-state index < -0.39 is 0 Å². The van der Waals surface area contributed by atoms with Crippen molar-refractivity contribution in [2.24, 2.45) is 0 Å². The highest BCUT2D eigenvalue weighted by molar-refractivity contribution is 5.07. The molecule has 0 saturated carbocycles. The fraction of sp³-hybridized carbons (Fsp3) is 1.00. The van der Waals surface area contributed by atoms with Crippen molar-refractivity contribution in [1.29, 1.82) is 0 Å². The lowest BCUT2D eigenvalue weighted by molar-refractivity contribution is 0.0676. The second kappa shape index (κ2) is 2.46. The van der Waals surface area contributed by atoms with Crippen LogP contribution in [0.15, 0.2) is 0 Å². The van der Waals surface area contributed by atoms with Gasteiger partial charge in [0, 0.05) is 5.54 Å². The minimum Gasteiger partial charge on any atom is -0.373 e. The Morgan fingerprint density at radius 2 is 2.25 bits per heavy atom. The minimum atomic E-state index is 0.418. The maximum Gasteiger partial charge on any atom is 0.0762 e. The molecule has 0 aromatic carbocycles. The van der Waals surface area contributed by atoms with E-state index in [9.17, 15) is 0 Å². The first-order chi connectivity index (χ1) is 5.89. The van der Waals surface area contributed by atoms with Gasteiger partial charge in [0.25, 0.3) is 0 Å². The maximum atomic E-state index is 5.90. The van der Waals surface area contributed by atoms with Gasteiger partial charge in [-0.15, -0.1) is 0 Å². The van der Waals surface area contributed by atoms with Gasteiger partial charge in [0.15, 0.2) is 0 Å². The minimum absolute atomic E-state index is 0.418. The number of piperidine rings is 1. The van der Waals surface area contributed by atoms with E-state index in [4.69, 9.17) is 4.74 Å². The van der Waals surface area contributed by atoms with Crippen molar-refractivity contribution in [2.75, 3.05) is 6.54 Å². The van der Waals surface area contributed by atoms with Crippen molar-refractivity contribution in [3.8, 4) is 0 Å². The average molecular weight is 167 g/mol. The first-order valence-corrected chi connectivity index (χ1v) is 5.30. The molecule has 3 aliphatic heterocycles. The molecule has 0 aromatic rings. The predicted molar refractivity (Wildman–Crippen MR) is 47.1 cm³/mol. The van der Waals surface area contributed by atoms with E-state index in [2.05, 4.69) is 5.32 Å². The lowest BCUT2D eigenvalue weighted by Gasteiger charge is -2.39. The summed E-state index contributed by atoms with van der Waals surface area (Å²) in [5.74, 6) is 0. The number of hydrogen-bond acceptors (Lipinski definition) is 2. The third-order valence-corrected chi connectivity index (χ3v) is 3.84. The van der Waals surface area contributed by atoms with E-state index >= 15 is 0 Å². The molecule has 3 heterocycles. The Morgan fingerprint density at radius 1 is 1.25 bits per heavy atom. The van der Waals surface area contributed by atoms with E-state index in [-0.39, 0.29) is 0 Å². The molecule has 2 heteroatoms. The maximum absolute atomic E-state index is 5.90. The Kier molecular flexibility index (Phi) is 1.50. The van der Waals surface area contributed by atoms with Crippen LogP contribution < -0.4 is 5.32 Å². The van der Waals surface area contributed by atoms with Crippen LogP contribution in [-0.2, 0) is 4.74 Å². The normalized spacial score (nSPS) is 52.0. The van der Waals surface area contributed by atoms with Crippen LogP contribution >= 0.6 is 0 Å². The van der Waals surface area contributed by atoms with Gasteiger partial charge in [0.1, 0.15) is 0 Å². The van der Waals surface area contributed by atoms with Gasteiger partial charge in [0.2, 0.25) is 0 Å². The molecule has 3 rings (SSSR count). The standard InChI is InChI=1S/C10H17NO/c1-2-6-11-10(5-1)7-8-3-4-9(10)12-8/h8-9,11H,1-7H2. The highest BCUT2D eigenvalue weighted by atomic mass is 16.5. The summed E-state index contributed by atoms with van der Waals surface area (Å²) in [6.45, 7) is 1.21. The largest absolute Gasteiger partial charge is 0.373 e. The first kappa shape index (κ1) is 7.34. The molecule has 1 spiro atoms. The summed E-state index contributed by atoms with van der Waals surface area (Å²) in [4.78, 5) is 0. The van der Waals surface area contributed by atoms with Gasteiger partial charge in [0.05, 0.1) is 12.2 Å². The molecule has 0 amide bonds. The van der Waals surface area contributed by atoms with Gasteiger partial charge in [-0.1, -0.05) is 6.42 Å². The van der Waals surface area contributed by atoms with Crippen molar-refractivity contribution >= 4 is 0 Å². The average Bonchev–Trinajstić information content (AvgIpc) is 2.65. The molecule has 2 bridgehead atoms. The molecule has 3 fully saturated rings. The zero-order valence-electron chi connectivity index (χ0n) is 7.51. The number of fused-ring (bicyclic) bond motifs is 3. The summed E-state index contributed by atoms with van der Waals surface area (Å²) in [6, 6.07) is 0. The lowest BCUT2D eigenvalue weighted by Crippen LogP contribution is -2.55.